The van der Waals surface area contributed by atoms with Crippen LogP contribution in [0.4, 0.5) is 0 Å². The molecule has 5 nitrogen and oxygen atoms in total. The van der Waals surface area contributed by atoms with E-state index in [-0.39, 0.29) is 17.5 Å². The summed E-state index contributed by atoms with van der Waals surface area (Å²) in [6.07, 6.45) is 1.34. The van der Waals surface area contributed by atoms with Gasteiger partial charge in [-0.1, -0.05) is 0 Å². The van der Waals surface area contributed by atoms with Crippen LogP contribution in [0.3, 0.4) is 0 Å². The topological polar surface area (TPSA) is 85.8 Å². The summed E-state index contributed by atoms with van der Waals surface area (Å²) in [4.78, 5) is 25.3. The SMILES string of the molecule is Cc1cc(=O)c(C(=O)NCC#N)c[nH]1. The highest BCUT2D eigenvalue weighted by Gasteiger charge is 2.08. The molecule has 0 unspecified atom stereocenters. The fraction of sp³-hybridized carbons (Fsp3) is 0.222. The van der Waals surface area contributed by atoms with E-state index in [0.29, 0.717) is 5.69 Å². The molecule has 0 aliphatic heterocycles. The van der Waals surface area contributed by atoms with Crippen LogP contribution in [0.5, 0.6) is 0 Å². The van der Waals surface area contributed by atoms with E-state index in [1.807, 2.05) is 0 Å². The van der Waals surface area contributed by atoms with Gasteiger partial charge in [-0.2, -0.15) is 5.26 Å². The molecule has 0 saturated carbocycles. The molecule has 0 aliphatic carbocycles. The van der Waals surface area contributed by atoms with Crippen LogP contribution in [0.25, 0.3) is 0 Å². The van der Waals surface area contributed by atoms with Gasteiger partial charge in [0.2, 0.25) is 0 Å². The summed E-state index contributed by atoms with van der Waals surface area (Å²) in [6.45, 7) is 1.62. The standard InChI is InChI=1S/C9H9N3O2/c1-6-4-8(13)7(5-12-6)9(14)11-3-2-10/h4-5H,3H2,1H3,(H,11,14)(H,12,13). The number of nitrogens with one attached hydrogen (secondary N) is 2. The maximum Gasteiger partial charge on any atom is 0.257 e. The number of nitrogens with zero attached hydrogens (tertiary/aromatic N) is 1. The molecule has 0 radical (unpaired) electrons. The average Bonchev–Trinajstić information content (AvgIpc) is 2.14. The van der Waals surface area contributed by atoms with Crippen molar-refractivity contribution in [1.82, 2.24) is 10.3 Å². The highest BCUT2D eigenvalue weighted by atomic mass is 16.2. The molecule has 1 heterocycles. The van der Waals surface area contributed by atoms with Crippen molar-refractivity contribution >= 4 is 5.91 Å². The summed E-state index contributed by atoms with van der Waals surface area (Å²) in [5, 5.41) is 10.5. The number of aromatic amines is 1. The highest BCUT2D eigenvalue weighted by molar-refractivity contribution is 5.93. The second-order valence-electron chi connectivity index (χ2n) is 2.73. The number of carbonyl (C=O) groups is 1. The van der Waals surface area contributed by atoms with Crippen molar-refractivity contribution in [3.63, 3.8) is 0 Å². The molecule has 14 heavy (non-hydrogen) atoms. The Morgan fingerprint density at radius 2 is 2.43 bits per heavy atom. The molecule has 72 valence electrons. The zero-order chi connectivity index (χ0) is 10.6. The van der Waals surface area contributed by atoms with Crippen molar-refractivity contribution < 1.29 is 4.79 Å². The predicted molar refractivity (Wildman–Crippen MR) is 49.7 cm³/mol. The first-order valence-electron chi connectivity index (χ1n) is 3.99. The van der Waals surface area contributed by atoms with Crippen molar-refractivity contribution in [1.29, 1.82) is 5.26 Å². The number of aryl methyl sites for hydroxylation is 1. The number of pyridine rings is 1. The Bertz CT molecular complexity index is 442. The van der Waals surface area contributed by atoms with Crippen LogP contribution < -0.4 is 10.7 Å². The fourth-order valence-corrected chi connectivity index (χ4v) is 0.966. The van der Waals surface area contributed by atoms with E-state index in [9.17, 15) is 9.59 Å². The van der Waals surface area contributed by atoms with E-state index in [2.05, 4.69) is 10.3 Å². The monoisotopic (exact) mass is 191 g/mol. The second-order valence-corrected chi connectivity index (χ2v) is 2.73. The van der Waals surface area contributed by atoms with Crippen molar-refractivity contribution in [3.8, 4) is 6.07 Å². The molecule has 0 saturated heterocycles. The van der Waals surface area contributed by atoms with Gasteiger partial charge in [-0.05, 0) is 6.92 Å². The number of carbonyl (C=O) groups excluding carboxylic acids is 1. The Morgan fingerprint density at radius 1 is 1.71 bits per heavy atom. The molecule has 0 aliphatic rings. The van der Waals surface area contributed by atoms with E-state index < -0.39 is 5.91 Å². The highest BCUT2D eigenvalue weighted by Crippen LogP contribution is 1.91. The molecule has 1 amide bonds. The smallest absolute Gasteiger partial charge is 0.257 e. The quantitative estimate of drug-likeness (QED) is 0.642. The van der Waals surface area contributed by atoms with Crippen LogP contribution in [-0.2, 0) is 0 Å². The minimum absolute atomic E-state index is 0.0193. The van der Waals surface area contributed by atoms with Gasteiger partial charge in [0.25, 0.3) is 5.91 Å². The predicted octanol–water partition coefficient (Wildman–Crippen LogP) is -0.0633. The lowest BCUT2D eigenvalue weighted by Gasteiger charge is -2.00. The Hall–Kier alpha value is -2.09. The summed E-state index contributed by atoms with van der Waals surface area (Å²) in [5.41, 5.74) is 0.356. The molecule has 1 aromatic heterocycles. The number of H-pyrrole nitrogens is 1. The van der Waals surface area contributed by atoms with Gasteiger partial charge in [-0.3, -0.25) is 9.59 Å². The number of rotatable bonds is 2. The molecule has 2 N–H and O–H groups in total. The molecule has 0 spiro atoms. The van der Waals surface area contributed by atoms with Gasteiger partial charge >= 0.3 is 0 Å². The van der Waals surface area contributed by atoms with Crippen LogP contribution >= 0.6 is 0 Å². The molecule has 0 bridgehead atoms. The van der Waals surface area contributed by atoms with E-state index in [0.717, 1.165) is 0 Å². The van der Waals surface area contributed by atoms with Gasteiger partial charge < -0.3 is 10.3 Å². The minimum atomic E-state index is -0.534. The first-order valence-corrected chi connectivity index (χ1v) is 3.99. The summed E-state index contributed by atoms with van der Waals surface area (Å²) in [6, 6.07) is 3.09. The molecule has 0 aromatic carbocycles. The largest absolute Gasteiger partial charge is 0.364 e. The number of amides is 1. The Morgan fingerprint density at radius 3 is 3.00 bits per heavy atom. The van der Waals surface area contributed by atoms with E-state index in [1.165, 1.54) is 12.3 Å². The first-order chi connectivity index (χ1) is 6.65. The zero-order valence-electron chi connectivity index (χ0n) is 7.63. The zero-order valence-corrected chi connectivity index (χ0v) is 7.63. The van der Waals surface area contributed by atoms with Crippen molar-refractivity contribution in [2.45, 2.75) is 6.92 Å². The lowest BCUT2D eigenvalue weighted by molar-refractivity contribution is 0.0957. The number of nitriles is 1. The third kappa shape index (κ3) is 2.20. The molecule has 1 rings (SSSR count). The molecule has 1 aromatic rings. The average molecular weight is 191 g/mol. The van der Waals surface area contributed by atoms with Crippen LogP contribution in [0.1, 0.15) is 16.1 Å². The van der Waals surface area contributed by atoms with E-state index >= 15 is 0 Å². The van der Waals surface area contributed by atoms with Crippen LogP contribution in [0.15, 0.2) is 17.1 Å². The van der Waals surface area contributed by atoms with Crippen molar-refractivity contribution in [2.24, 2.45) is 0 Å². The molecule has 0 fully saturated rings. The number of hydrogen-bond donors (Lipinski definition) is 2. The van der Waals surface area contributed by atoms with Crippen molar-refractivity contribution in [3.05, 3.63) is 33.7 Å². The second kappa shape index (κ2) is 4.23. The van der Waals surface area contributed by atoms with Gasteiger partial charge in [0, 0.05) is 18.0 Å². The molecular formula is C9H9N3O2. The number of aromatic nitrogens is 1. The van der Waals surface area contributed by atoms with Gasteiger partial charge in [0.1, 0.15) is 12.1 Å². The van der Waals surface area contributed by atoms with Gasteiger partial charge in [0.05, 0.1) is 6.07 Å². The lowest BCUT2D eigenvalue weighted by atomic mass is 10.2. The Kier molecular flexibility index (Phi) is 3.02. The normalized spacial score (nSPS) is 9.14. The summed E-state index contributed by atoms with van der Waals surface area (Å²) < 4.78 is 0. The molecular weight excluding hydrogens is 182 g/mol. The molecule has 0 atom stereocenters. The summed E-state index contributed by atoms with van der Waals surface area (Å²) in [5.74, 6) is -0.534. The van der Waals surface area contributed by atoms with E-state index in [1.54, 1.807) is 13.0 Å². The van der Waals surface area contributed by atoms with Gasteiger partial charge in [-0.15, -0.1) is 0 Å². The third-order valence-corrected chi connectivity index (χ3v) is 1.63. The van der Waals surface area contributed by atoms with E-state index in [4.69, 9.17) is 5.26 Å². The van der Waals surface area contributed by atoms with Crippen LogP contribution in [0.2, 0.25) is 0 Å². The number of hydrogen-bond acceptors (Lipinski definition) is 3. The fourth-order valence-electron chi connectivity index (χ4n) is 0.966. The first kappa shape index (κ1) is 9.99. The third-order valence-electron chi connectivity index (χ3n) is 1.63. The van der Waals surface area contributed by atoms with Crippen LogP contribution in [-0.4, -0.2) is 17.4 Å². The van der Waals surface area contributed by atoms with Gasteiger partial charge in [-0.25, -0.2) is 0 Å². The maximum absolute atomic E-state index is 11.3. The van der Waals surface area contributed by atoms with Gasteiger partial charge in [0.15, 0.2) is 5.43 Å². The lowest BCUT2D eigenvalue weighted by Crippen LogP contribution is -2.28. The van der Waals surface area contributed by atoms with Crippen LogP contribution in [0, 0.1) is 18.3 Å². The Balaban J connectivity index is 2.92. The minimum Gasteiger partial charge on any atom is -0.364 e. The molecule has 5 heteroatoms. The maximum atomic E-state index is 11.3. The summed E-state index contributed by atoms with van der Waals surface area (Å²) >= 11 is 0. The van der Waals surface area contributed by atoms with Crippen molar-refractivity contribution in [2.75, 3.05) is 6.54 Å². The summed E-state index contributed by atoms with van der Waals surface area (Å²) in [7, 11) is 0. The Labute approximate surface area is 80.4 Å².